The maximum atomic E-state index is 13.1. The third-order valence-electron chi connectivity index (χ3n) is 3.61. The van der Waals surface area contributed by atoms with E-state index in [1.807, 2.05) is 13.8 Å². The molecule has 1 aromatic carbocycles. The average Bonchev–Trinajstić information content (AvgIpc) is 3.21. The third-order valence-corrected chi connectivity index (χ3v) is 5.85. The molecule has 3 aromatic rings. The van der Waals surface area contributed by atoms with Gasteiger partial charge in [0.25, 0.3) is 0 Å². The molecule has 0 N–H and O–H groups in total. The van der Waals surface area contributed by atoms with Crippen LogP contribution in [-0.4, -0.2) is 18.1 Å². The minimum atomic E-state index is -0.439. The number of benzene rings is 1. The zero-order chi connectivity index (χ0) is 18.0. The Morgan fingerprint density at radius 3 is 2.64 bits per heavy atom. The van der Waals surface area contributed by atoms with Crippen LogP contribution in [0.3, 0.4) is 0 Å². The molecule has 0 saturated heterocycles. The number of hydrogen-bond acceptors (Lipinski definition) is 6. The smallest absolute Gasteiger partial charge is 0.352 e. The molecule has 0 saturated carbocycles. The van der Waals surface area contributed by atoms with Crippen LogP contribution in [-0.2, 0) is 4.74 Å². The van der Waals surface area contributed by atoms with Crippen LogP contribution >= 0.6 is 22.7 Å². The van der Waals surface area contributed by atoms with Crippen molar-refractivity contribution in [3.8, 4) is 16.3 Å². The van der Waals surface area contributed by atoms with E-state index in [2.05, 4.69) is 4.98 Å². The number of carbonyl (C=O) groups excluding carboxylic acids is 1. The van der Waals surface area contributed by atoms with Crippen LogP contribution in [0, 0.1) is 12.7 Å². The molecule has 0 aliphatic rings. The van der Waals surface area contributed by atoms with Crippen molar-refractivity contribution in [2.45, 2.75) is 20.0 Å². The molecule has 1 atom stereocenters. The quantitative estimate of drug-likeness (QED) is 0.570. The van der Waals surface area contributed by atoms with Gasteiger partial charge in [0.15, 0.2) is 4.88 Å². The average molecular weight is 377 g/mol. The molecule has 0 aliphatic carbocycles. The summed E-state index contributed by atoms with van der Waals surface area (Å²) in [5.41, 5.74) is 1.63. The lowest BCUT2D eigenvalue weighted by Gasteiger charge is -2.12. The first-order valence-corrected chi connectivity index (χ1v) is 9.25. The van der Waals surface area contributed by atoms with Gasteiger partial charge in [-0.25, -0.2) is 14.2 Å². The second-order valence-corrected chi connectivity index (χ2v) is 7.29. The van der Waals surface area contributed by atoms with Crippen molar-refractivity contribution < 1.29 is 18.7 Å². The number of methoxy groups -OCH3 is 1. The molecule has 0 fully saturated rings. The highest BCUT2D eigenvalue weighted by Gasteiger charge is 2.22. The van der Waals surface area contributed by atoms with E-state index in [-0.39, 0.29) is 5.82 Å². The normalized spacial score (nSPS) is 12.0. The van der Waals surface area contributed by atoms with Crippen molar-refractivity contribution in [3.63, 3.8) is 0 Å². The van der Waals surface area contributed by atoms with Gasteiger partial charge >= 0.3 is 5.97 Å². The molecule has 4 nitrogen and oxygen atoms in total. The molecule has 2 aromatic heterocycles. The number of aromatic nitrogens is 1. The van der Waals surface area contributed by atoms with Crippen LogP contribution in [0.2, 0.25) is 0 Å². The van der Waals surface area contributed by atoms with Crippen molar-refractivity contribution >= 4 is 28.6 Å². The predicted molar refractivity (Wildman–Crippen MR) is 96.9 cm³/mol. The van der Waals surface area contributed by atoms with E-state index < -0.39 is 12.1 Å². The minimum Gasteiger partial charge on any atom is -0.495 e. The van der Waals surface area contributed by atoms with E-state index in [4.69, 9.17) is 9.47 Å². The molecule has 0 bridgehead atoms. The maximum Gasteiger partial charge on any atom is 0.352 e. The number of halogens is 1. The molecule has 0 amide bonds. The van der Waals surface area contributed by atoms with Crippen molar-refractivity contribution in [2.24, 2.45) is 0 Å². The Balaban J connectivity index is 1.79. The van der Waals surface area contributed by atoms with Gasteiger partial charge in [-0.05, 0) is 49.6 Å². The molecule has 7 heteroatoms. The van der Waals surface area contributed by atoms with Crippen molar-refractivity contribution in [3.05, 3.63) is 57.0 Å². The molecule has 0 spiro atoms. The number of thiazole rings is 1. The lowest BCUT2D eigenvalue weighted by atomic mass is 10.2. The van der Waals surface area contributed by atoms with Crippen molar-refractivity contribution in [1.82, 2.24) is 4.98 Å². The Kier molecular flexibility index (Phi) is 5.15. The van der Waals surface area contributed by atoms with E-state index >= 15 is 0 Å². The summed E-state index contributed by atoms with van der Waals surface area (Å²) in [6.45, 7) is 3.68. The van der Waals surface area contributed by atoms with Gasteiger partial charge in [-0.15, -0.1) is 22.7 Å². The molecule has 0 radical (unpaired) electrons. The van der Waals surface area contributed by atoms with Gasteiger partial charge in [0.05, 0.1) is 17.7 Å². The van der Waals surface area contributed by atoms with Crippen molar-refractivity contribution in [1.29, 1.82) is 0 Å². The molecule has 0 aliphatic heterocycles. The standard InChI is InChI=1S/C18H16FNO3S2/c1-10-15(25-17(20-10)12-4-6-13(19)7-5-12)11(2)23-18(21)16-14(22-3)8-9-24-16/h4-9,11H,1-3H3. The van der Waals surface area contributed by atoms with Crippen LogP contribution in [0.15, 0.2) is 35.7 Å². The number of nitrogens with zero attached hydrogens (tertiary/aromatic N) is 1. The van der Waals surface area contributed by atoms with E-state index in [1.165, 1.54) is 41.9 Å². The van der Waals surface area contributed by atoms with Gasteiger partial charge in [0.1, 0.15) is 22.7 Å². The van der Waals surface area contributed by atoms with Gasteiger partial charge in [-0.2, -0.15) is 0 Å². The molecular weight excluding hydrogens is 361 g/mol. The highest BCUT2D eigenvalue weighted by Crippen LogP contribution is 2.34. The number of esters is 1. The number of aryl methyl sites for hydroxylation is 1. The van der Waals surface area contributed by atoms with Crippen LogP contribution in [0.1, 0.15) is 33.3 Å². The first-order chi connectivity index (χ1) is 12.0. The molecule has 2 heterocycles. The molecule has 130 valence electrons. The Morgan fingerprint density at radius 1 is 1.24 bits per heavy atom. The SMILES string of the molecule is COc1ccsc1C(=O)OC(C)c1sc(-c2ccc(F)cc2)nc1C. The van der Waals surface area contributed by atoms with Crippen LogP contribution in [0.25, 0.3) is 10.6 Å². The third kappa shape index (κ3) is 3.72. The summed E-state index contributed by atoms with van der Waals surface area (Å²) < 4.78 is 23.8. The largest absolute Gasteiger partial charge is 0.495 e. The van der Waals surface area contributed by atoms with E-state index in [0.29, 0.717) is 10.6 Å². The van der Waals surface area contributed by atoms with E-state index in [9.17, 15) is 9.18 Å². The van der Waals surface area contributed by atoms with Crippen LogP contribution in [0.5, 0.6) is 5.75 Å². The molecule has 1 unspecified atom stereocenters. The Morgan fingerprint density at radius 2 is 1.96 bits per heavy atom. The summed E-state index contributed by atoms with van der Waals surface area (Å²) in [4.78, 5) is 18.2. The Bertz CT molecular complexity index is 886. The summed E-state index contributed by atoms with van der Waals surface area (Å²) >= 11 is 2.72. The lowest BCUT2D eigenvalue weighted by Crippen LogP contribution is -2.08. The second kappa shape index (κ2) is 7.33. The van der Waals surface area contributed by atoms with Crippen molar-refractivity contribution in [2.75, 3.05) is 7.11 Å². The number of rotatable bonds is 5. The Hall–Kier alpha value is -2.25. The van der Waals surface area contributed by atoms with Gasteiger partial charge in [-0.3, -0.25) is 0 Å². The zero-order valence-electron chi connectivity index (χ0n) is 13.9. The maximum absolute atomic E-state index is 13.1. The summed E-state index contributed by atoms with van der Waals surface area (Å²) in [6, 6.07) is 7.90. The second-order valence-electron chi connectivity index (χ2n) is 5.34. The Labute approximate surface area is 152 Å². The number of hydrogen-bond donors (Lipinski definition) is 0. The van der Waals surface area contributed by atoms with Gasteiger partial charge < -0.3 is 9.47 Å². The number of carbonyl (C=O) groups is 1. The zero-order valence-corrected chi connectivity index (χ0v) is 15.5. The number of ether oxygens (including phenoxy) is 2. The summed E-state index contributed by atoms with van der Waals surface area (Å²) in [6.07, 6.45) is -0.439. The van der Waals surface area contributed by atoms with Crippen LogP contribution < -0.4 is 4.74 Å². The van der Waals surface area contributed by atoms with Crippen LogP contribution in [0.4, 0.5) is 4.39 Å². The van der Waals surface area contributed by atoms with Gasteiger partial charge in [-0.1, -0.05) is 0 Å². The summed E-state index contributed by atoms with van der Waals surface area (Å²) in [5.74, 6) is -0.199. The fraction of sp³-hybridized carbons (Fsp3) is 0.222. The summed E-state index contributed by atoms with van der Waals surface area (Å²) in [7, 11) is 1.52. The topological polar surface area (TPSA) is 48.4 Å². The minimum absolute atomic E-state index is 0.288. The van der Waals surface area contributed by atoms with Gasteiger partial charge in [0, 0.05) is 5.56 Å². The molecule has 3 rings (SSSR count). The highest BCUT2D eigenvalue weighted by atomic mass is 32.1. The highest BCUT2D eigenvalue weighted by molar-refractivity contribution is 7.15. The van der Waals surface area contributed by atoms with Gasteiger partial charge in [0.2, 0.25) is 0 Å². The monoisotopic (exact) mass is 377 g/mol. The fourth-order valence-electron chi connectivity index (χ4n) is 2.38. The lowest BCUT2D eigenvalue weighted by molar-refractivity contribution is 0.0346. The van der Waals surface area contributed by atoms with E-state index in [0.717, 1.165) is 21.1 Å². The first-order valence-electron chi connectivity index (χ1n) is 7.55. The fourth-order valence-corrected chi connectivity index (χ4v) is 4.17. The molecular formula is C18H16FNO3S2. The molecule has 25 heavy (non-hydrogen) atoms. The predicted octanol–water partition coefficient (Wildman–Crippen LogP) is 5.25. The summed E-state index contributed by atoms with van der Waals surface area (Å²) in [5, 5.41) is 2.55. The first kappa shape index (κ1) is 17.6. The van der Waals surface area contributed by atoms with E-state index in [1.54, 1.807) is 23.6 Å². The number of thiophene rings is 1.